The maximum atomic E-state index is 12.1. The number of hydrogen-bond donors (Lipinski definition) is 1. The molecule has 0 saturated heterocycles. The Kier molecular flexibility index (Phi) is 6.80. The van der Waals surface area contributed by atoms with Crippen molar-refractivity contribution in [2.45, 2.75) is 20.0 Å². The molecule has 0 aliphatic rings. The van der Waals surface area contributed by atoms with E-state index in [0.717, 1.165) is 0 Å². The molecule has 0 fully saturated rings. The van der Waals surface area contributed by atoms with E-state index < -0.39 is 29.5 Å². The van der Waals surface area contributed by atoms with E-state index in [9.17, 15) is 24.5 Å². The number of esters is 1. The number of nitrogens with zero attached hydrogens (tertiary/aromatic N) is 1. The summed E-state index contributed by atoms with van der Waals surface area (Å²) in [6.07, 6.45) is -1.09. The average molecular weight is 386 g/mol. The number of carbonyl (C=O) groups excluding carboxylic acids is 3. The molecule has 1 N–H and O–H groups in total. The van der Waals surface area contributed by atoms with Crippen LogP contribution in [0.4, 0.5) is 11.4 Å². The molecule has 0 spiro atoms. The Bertz CT molecular complexity index is 893. The lowest BCUT2D eigenvalue weighted by Crippen LogP contribution is -2.31. The van der Waals surface area contributed by atoms with E-state index in [2.05, 4.69) is 5.32 Å². The summed E-state index contributed by atoms with van der Waals surface area (Å²) in [5.74, 6) is -1.23. The Labute approximate surface area is 160 Å². The average Bonchev–Trinajstić information content (AvgIpc) is 2.66. The number of nitro benzene ring substituents is 1. The van der Waals surface area contributed by atoms with Gasteiger partial charge in [0.15, 0.2) is 18.5 Å². The number of amides is 1. The number of non-ortho nitro benzene ring substituents is 1. The van der Waals surface area contributed by atoms with Crippen LogP contribution in [0.2, 0.25) is 0 Å². The van der Waals surface area contributed by atoms with Crippen LogP contribution in [-0.2, 0) is 14.3 Å². The van der Waals surface area contributed by atoms with Crippen molar-refractivity contribution in [1.29, 1.82) is 0 Å². The Morgan fingerprint density at radius 1 is 1.14 bits per heavy atom. The Morgan fingerprint density at radius 3 is 2.43 bits per heavy atom. The van der Waals surface area contributed by atoms with Crippen LogP contribution >= 0.6 is 0 Å². The molecule has 9 nitrogen and oxygen atoms in total. The number of anilines is 1. The lowest BCUT2D eigenvalue weighted by Gasteiger charge is -2.14. The fourth-order valence-electron chi connectivity index (χ4n) is 2.15. The second kappa shape index (κ2) is 9.26. The van der Waals surface area contributed by atoms with Crippen LogP contribution in [-0.4, -0.2) is 35.3 Å². The van der Waals surface area contributed by atoms with E-state index in [4.69, 9.17) is 9.47 Å². The van der Waals surface area contributed by atoms with Crippen LogP contribution in [0.1, 0.15) is 24.2 Å². The minimum absolute atomic E-state index is 0.103. The quantitative estimate of drug-likeness (QED) is 0.320. The second-order valence-corrected chi connectivity index (χ2v) is 5.80. The van der Waals surface area contributed by atoms with Crippen LogP contribution in [0, 0.1) is 10.1 Å². The zero-order valence-corrected chi connectivity index (χ0v) is 15.2. The molecule has 0 bridgehead atoms. The number of Topliss-reactive ketones (excluding diaryl/α,β-unsaturated/α-hetero) is 1. The first-order valence-corrected chi connectivity index (χ1v) is 8.25. The SMILES string of the molecule is CC(=O)c1cccc(NC(=O)[C@@H](C)OC(=O)COc2ccc([N+](=O)[O-])cc2)c1. The third kappa shape index (κ3) is 5.90. The third-order valence-corrected chi connectivity index (χ3v) is 3.62. The van der Waals surface area contributed by atoms with E-state index in [1.807, 2.05) is 0 Å². The van der Waals surface area contributed by atoms with Crippen LogP contribution in [0.25, 0.3) is 0 Å². The highest BCUT2D eigenvalue weighted by molar-refractivity contribution is 5.98. The number of ether oxygens (including phenoxy) is 2. The van der Waals surface area contributed by atoms with Crippen molar-refractivity contribution < 1.29 is 28.8 Å². The van der Waals surface area contributed by atoms with Crippen molar-refractivity contribution in [2.24, 2.45) is 0 Å². The zero-order valence-electron chi connectivity index (χ0n) is 15.2. The summed E-state index contributed by atoms with van der Waals surface area (Å²) >= 11 is 0. The summed E-state index contributed by atoms with van der Waals surface area (Å²) in [6.45, 7) is 2.35. The molecule has 0 saturated carbocycles. The molecule has 0 aliphatic carbocycles. The number of ketones is 1. The van der Waals surface area contributed by atoms with E-state index in [1.165, 1.54) is 44.2 Å². The first-order valence-electron chi connectivity index (χ1n) is 8.25. The number of hydrogen-bond acceptors (Lipinski definition) is 7. The summed E-state index contributed by atoms with van der Waals surface area (Å²) < 4.78 is 10.2. The predicted molar refractivity (Wildman–Crippen MR) is 99.2 cm³/mol. The normalized spacial score (nSPS) is 11.2. The van der Waals surface area contributed by atoms with Gasteiger partial charge in [-0.25, -0.2) is 4.79 Å². The minimum atomic E-state index is -1.09. The van der Waals surface area contributed by atoms with Crippen LogP contribution in [0.3, 0.4) is 0 Å². The smallest absolute Gasteiger partial charge is 0.344 e. The molecule has 0 radical (unpaired) electrons. The molecule has 0 unspecified atom stereocenters. The lowest BCUT2D eigenvalue weighted by molar-refractivity contribution is -0.384. The van der Waals surface area contributed by atoms with Crippen molar-refractivity contribution in [3.63, 3.8) is 0 Å². The molecule has 146 valence electrons. The summed E-state index contributed by atoms with van der Waals surface area (Å²) in [4.78, 5) is 45.4. The molecule has 0 heterocycles. The number of benzene rings is 2. The fourth-order valence-corrected chi connectivity index (χ4v) is 2.15. The summed E-state index contributed by atoms with van der Waals surface area (Å²) in [5.41, 5.74) is 0.746. The Hall–Kier alpha value is -3.75. The van der Waals surface area contributed by atoms with Gasteiger partial charge in [0.2, 0.25) is 0 Å². The molecule has 9 heteroatoms. The van der Waals surface area contributed by atoms with Crippen molar-refractivity contribution in [3.05, 3.63) is 64.2 Å². The monoisotopic (exact) mass is 386 g/mol. The van der Waals surface area contributed by atoms with Gasteiger partial charge in [-0.15, -0.1) is 0 Å². The van der Waals surface area contributed by atoms with Crippen molar-refractivity contribution in [3.8, 4) is 5.75 Å². The van der Waals surface area contributed by atoms with Gasteiger partial charge >= 0.3 is 5.97 Å². The van der Waals surface area contributed by atoms with E-state index >= 15 is 0 Å². The number of rotatable bonds is 8. The first kappa shape index (κ1) is 20.6. The van der Waals surface area contributed by atoms with E-state index in [1.54, 1.807) is 18.2 Å². The number of nitro groups is 1. The summed E-state index contributed by atoms with van der Waals surface area (Å²) in [7, 11) is 0. The molecule has 0 aliphatic heterocycles. The number of nitrogens with one attached hydrogen (secondary N) is 1. The van der Waals surface area contributed by atoms with Crippen molar-refractivity contribution >= 4 is 29.0 Å². The molecule has 2 aromatic carbocycles. The standard InChI is InChI=1S/C19H18N2O7/c1-12(22)14-4-3-5-15(10-14)20-19(24)13(2)28-18(23)11-27-17-8-6-16(7-9-17)21(25)26/h3-10,13H,11H2,1-2H3,(H,20,24)/t13-/m1/s1. The Morgan fingerprint density at radius 2 is 1.82 bits per heavy atom. The third-order valence-electron chi connectivity index (χ3n) is 3.62. The predicted octanol–water partition coefficient (Wildman–Crippen LogP) is 2.75. The lowest BCUT2D eigenvalue weighted by atomic mass is 10.1. The largest absolute Gasteiger partial charge is 0.482 e. The van der Waals surface area contributed by atoms with Crippen molar-refractivity contribution in [2.75, 3.05) is 11.9 Å². The zero-order chi connectivity index (χ0) is 20.7. The summed E-state index contributed by atoms with van der Waals surface area (Å²) in [6, 6.07) is 11.6. The van der Waals surface area contributed by atoms with Gasteiger partial charge in [-0.2, -0.15) is 0 Å². The maximum absolute atomic E-state index is 12.1. The molecular formula is C19H18N2O7. The van der Waals surface area contributed by atoms with Crippen LogP contribution in [0.5, 0.6) is 5.75 Å². The molecule has 28 heavy (non-hydrogen) atoms. The van der Waals surface area contributed by atoms with E-state index in [-0.39, 0.29) is 17.2 Å². The molecule has 0 aromatic heterocycles. The van der Waals surface area contributed by atoms with Crippen molar-refractivity contribution in [1.82, 2.24) is 0 Å². The molecule has 1 atom stereocenters. The Balaban J connectivity index is 1.84. The minimum Gasteiger partial charge on any atom is -0.482 e. The molecule has 2 rings (SSSR count). The van der Waals surface area contributed by atoms with Gasteiger partial charge in [-0.05, 0) is 38.1 Å². The number of carbonyl (C=O) groups is 3. The van der Waals surface area contributed by atoms with Gasteiger partial charge in [0.05, 0.1) is 4.92 Å². The van der Waals surface area contributed by atoms with Gasteiger partial charge in [0.25, 0.3) is 11.6 Å². The highest BCUT2D eigenvalue weighted by Gasteiger charge is 2.18. The topological polar surface area (TPSA) is 125 Å². The van der Waals surface area contributed by atoms with Gasteiger partial charge in [0.1, 0.15) is 5.75 Å². The maximum Gasteiger partial charge on any atom is 0.344 e. The molecule has 1 amide bonds. The van der Waals surface area contributed by atoms with E-state index in [0.29, 0.717) is 11.3 Å². The summed E-state index contributed by atoms with van der Waals surface area (Å²) in [5, 5.41) is 13.1. The van der Waals surface area contributed by atoms with Crippen LogP contribution < -0.4 is 10.1 Å². The highest BCUT2D eigenvalue weighted by Crippen LogP contribution is 2.17. The molecule has 2 aromatic rings. The van der Waals surface area contributed by atoms with Gasteiger partial charge in [-0.3, -0.25) is 19.7 Å². The highest BCUT2D eigenvalue weighted by atomic mass is 16.6. The van der Waals surface area contributed by atoms with Gasteiger partial charge in [-0.1, -0.05) is 12.1 Å². The molecular weight excluding hydrogens is 368 g/mol. The fraction of sp³-hybridized carbons (Fsp3) is 0.211. The first-order chi connectivity index (χ1) is 13.3. The van der Waals surface area contributed by atoms with Crippen LogP contribution in [0.15, 0.2) is 48.5 Å². The van der Waals surface area contributed by atoms with Gasteiger partial charge < -0.3 is 14.8 Å². The van der Waals surface area contributed by atoms with Gasteiger partial charge in [0, 0.05) is 23.4 Å². The second-order valence-electron chi connectivity index (χ2n) is 5.80.